The SMILES string of the molecule is CON(C)CC(O)C(O)CC(N)C1CCCCC1. The second-order valence-electron chi connectivity index (χ2n) is 5.43. The van der Waals surface area contributed by atoms with Gasteiger partial charge in [-0.15, -0.1) is 0 Å². The smallest absolute Gasteiger partial charge is 0.0949 e. The first-order valence-electron chi connectivity index (χ1n) is 6.91. The normalized spacial score (nSPS) is 23.0. The Morgan fingerprint density at radius 1 is 1.22 bits per heavy atom. The number of likely N-dealkylation sites (N-methyl/N-ethyl adjacent to an activating group) is 1. The molecule has 18 heavy (non-hydrogen) atoms. The van der Waals surface area contributed by atoms with Crippen LogP contribution in [0.5, 0.6) is 0 Å². The van der Waals surface area contributed by atoms with Gasteiger partial charge in [-0.3, -0.25) is 0 Å². The van der Waals surface area contributed by atoms with Crippen LogP contribution in [0.15, 0.2) is 0 Å². The van der Waals surface area contributed by atoms with E-state index < -0.39 is 12.2 Å². The summed E-state index contributed by atoms with van der Waals surface area (Å²) >= 11 is 0. The van der Waals surface area contributed by atoms with E-state index in [0.29, 0.717) is 12.3 Å². The Morgan fingerprint density at radius 3 is 2.39 bits per heavy atom. The predicted octanol–water partition coefficient (Wildman–Crippen LogP) is 0.499. The summed E-state index contributed by atoms with van der Waals surface area (Å²) in [7, 11) is 3.25. The molecule has 3 unspecified atom stereocenters. The maximum Gasteiger partial charge on any atom is 0.0949 e. The van der Waals surface area contributed by atoms with Crippen LogP contribution in [-0.2, 0) is 4.84 Å². The quantitative estimate of drug-likeness (QED) is 0.581. The highest BCUT2D eigenvalue weighted by atomic mass is 16.7. The molecular formula is C13H28N2O3. The summed E-state index contributed by atoms with van der Waals surface area (Å²) in [5, 5.41) is 21.3. The van der Waals surface area contributed by atoms with E-state index in [4.69, 9.17) is 10.6 Å². The topological polar surface area (TPSA) is 79.0 Å². The van der Waals surface area contributed by atoms with E-state index >= 15 is 0 Å². The number of hydrogen-bond donors (Lipinski definition) is 3. The molecule has 1 aliphatic carbocycles. The maximum absolute atomic E-state index is 9.95. The van der Waals surface area contributed by atoms with E-state index in [0.717, 1.165) is 12.8 Å². The fraction of sp³-hybridized carbons (Fsp3) is 1.00. The van der Waals surface area contributed by atoms with Crippen molar-refractivity contribution in [3.8, 4) is 0 Å². The first-order valence-corrected chi connectivity index (χ1v) is 6.91. The van der Waals surface area contributed by atoms with Gasteiger partial charge in [-0.2, -0.15) is 5.06 Å². The van der Waals surface area contributed by atoms with E-state index in [1.165, 1.54) is 31.4 Å². The molecule has 0 aromatic heterocycles. The number of hydroxylamine groups is 2. The minimum atomic E-state index is -0.815. The van der Waals surface area contributed by atoms with Crippen molar-refractivity contribution in [2.24, 2.45) is 11.7 Å². The lowest BCUT2D eigenvalue weighted by Gasteiger charge is -2.30. The summed E-state index contributed by atoms with van der Waals surface area (Å²) < 4.78 is 0. The standard InChI is InChI=1S/C13H28N2O3/c1-15(18-2)9-13(17)12(16)8-11(14)10-6-4-3-5-7-10/h10-13,16-17H,3-9,14H2,1-2H3. The predicted molar refractivity (Wildman–Crippen MR) is 70.8 cm³/mol. The molecule has 3 atom stereocenters. The minimum Gasteiger partial charge on any atom is -0.390 e. The molecule has 4 N–H and O–H groups in total. The zero-order chi connectivity index (χ0) is 13.5. The third-order valence-electron chi connectivity index (χ3n) is 3.97. The third-order valence-corrected chi connectivity index (χ3v) is 3.97. The van der Waals surface area contributed by atoms with Crippen LogP contribution in [0.2, 0.25) is 0 Å². The highest BCUT2D eigenvalue weighted by Gasteiger charge is 2.26. The minimum absolute atomic E-state index is 0.0113. The Labute approximate surface area is 110 Å². The lowest BCUT2D eigenvalue weighted by molar-refractivity contribution is -0.142. The highest BCUT2D eigenvalue weighted by Crippen LogP contribution is 2.27. The third kappa shape index (κ3) is 5.20. The van der Waals surface area contributed by atoms with Crippen LogP contribution in [0.25, 0.3) is 0 Å². The largest absolute Gasteiger partial charge is 0.390 e. The van der Waals surface area contributed by atoms with Crippen molar-refractivity contribution < 1.29 is 15.1 Å². The van der Waals surface area contributed by atoms with Crippen LogP contribution in [0, 0.1) is 5.92 Å². The Hall–Kier alpha value is -0.200. The van der Waals surface area contributed by atoms with Gasteiger partial charge in [0.2, 0.25) is 0 Å². The van der Waals surface area contributed by atoms with Crippen LogP contribution in [0.1, 0.15) is 38.5 Å². The maximum atomic E-state index is 9.95. The van der Waals surface area contributed by atoms with Crippen molar-refractivity contribution in [1.82, 2.24) is 5.06 Å². The number of rotatable bonds is 7. The monoisotopic (exact) mass is 260 g/mol. The van der Waals surface area contributed by atoms with E-state index in [1.54, 1.807) is 7.05 Å². The molecule has 0 saturated heterocycles. The first-order chi connectivity index (χ1) is 8.54. The average molecular weight is 260 g/mol. The molecule has 0 spiro atoms. The molecule has 0 heterocycles. The van der Waals surface area contributed by atoms with Crippen LogP contribution < -0.4 is 5.73 Å². The molecule has 0 aliphatic heterocycles. The molecule has 1 fully saturated rings. The van der Waals surface area contributed by atoms with Gasteiger partial charge in [0.15, 0.2) is 0 Å². The number of aliphatic hydroxyl groups excluding tert-OH is 2. The molecule has 0 aromatic carbocycles. The fourth-order valence-corrected chi connectivity index (χ4v) is 2.65. The number of nitrogens with zero attached hydrogens (tertiary/aromatic N) is 1. The Morgan fingerprint density at radius 2 is 1.83 bits per heavy atom. The number of aliphatic hydroxyl groups is 2. The van der Waals surface area contributed by atoms with Gasteiger partial charge in [0.05, 0.1) is 25.9 Å². The molecule has 108 valence electrons. The molecule has 5 heteroatoms. The zero-order valence-electron chi connectivity index (χ0n) is 11.6. The van der Waals surface area contributed by atoms with Crippen molar-refractivity contribution in [1.29, 1.82) is 0 Å². The van der Waals surface area contributed by atoms with Crippen LogP contribution >= 0.6 is 0 Å². The van der Waals surface area contributed by atoms with E-state index in [9.17, 15) is 10.2 Å². The summed E-state index contributed by atoms with van der Waals surface area (Å²) in [6.07, 6.45) is 4.96. The van der Waals surface area contributed by atoms with Crippen molar-refractivity contribution in [3.63, 3.8) is 0 Å². The second-order valence-corrected chi connectivity index (χ2v) is 5.43. The van der Waals surface area contributed by atoms with Gasteiger partial charge in [-0.25, -0.2) is 0 Å². The first kappa shape index (κ1) is 15.9. The van der Waals surface area contributed by atoms with Gasteiger partial charge < -0.3 is 20.8 Å². The summed E-state index contributed by atoms with van der Waals surface area (Å²) in [6.45, 7) is 0.287. The molecule has 0 radical (unpaired) electrons. The Bertz CT molecular complexity index is 222. The lowest BCUT2D eigenvalue weighted by Crippen LogP contribution is -2.42. The second kappa shape index (κ2) is 8.07. The average Bonchev–Trinajstić information content (AvgIpc) is 2.39. The highest BCUT2D eigenvalue weighted by molar-refractivity contribution is 4.81. The summed E-state index contributed by atoms with van der Waals surface area (Å²) in [4.78, 5) is 4.92. The molecule has 0 bridgehead atoms. The van der Waals surface area contributed by atoms with E-state index in [2.05, 4.69) is 0 Å². The molecule has 1 aliphatic rings. The Balaban J connectivity index is 2.30. The van der Waals surface area contributed by atoms with Crippen molar-refractivity contribution in [3.05, 3.63) is 0 Å². The molecule has 1 rings (SSSR count). The summed E-state index contributed by atoms with van der Waals surface area (Å²) in [6, 6.07) is -0.0113. The van der Waals surface area contributed by atoms with Gasteiger partial charge >= 0.3 is 0 Å². The summed E-state index contributed by atoms with van der Waals surface area (Å²) in [5.41, 5.74) is 6.13. The van der Waals surface area contributed by atoms with Crippen LogP contribution in [0.4, 0.5) is 0 Å². The lowest BCUT2D eigenvalue weighted by atomic mass is 9.82. The van der Waals surface area contributed by atoms with Gasteiger partial charge in [0, 0.05) is 13.1 Å². The van der Waals surface area contributed by atoms with Crippen molar-refractivity contribution in [2.75, 3.05) is 20.7 Å². The van der Waals surface area contributed by atoms with Gasteiger partial charge in [0.1, 0.15) is 0 Å². The molecule has 0 aromatic rings. The Kier molecular flexibility index (Phi) is 7.11. The fourth-order valence-electron chi connectivity index (χ4n) is 2.65. The van der Waals surface area contributed by atoms with Crippen molar-refractivity contribution in [2.45, 2.75) is 56.8 Å². The van der Waals surface area contributed by atoms with Gasteiger partial charge in [0.25, 0.3) is 0 Å². The van der Waals surface area contributed by atoms with Crippen LogP contribution in [0.3, 0.4) is 0 Å². The van der Waals surface area contributed by atoms with Gasteiger partial charge in [-0.1, -0.05) is 19.3 Å². The van der Waals surface area contributed by atoms with E-state index in [-0.39, 0.29) is 12.6 Å². The molecule has 1 saturated carbocycles. The van der Waals surface area contributed by atoms with Crippen LogP contribution in [-0.4, -0.2) is 54.2 Å². The van der Waals surface area contributed by atoms with E-state index in [1.807, 2.05) is 0 Å². The molecule has 0 amide bonds. The molecule has 5 nitrogen and oxygen atoms in total. The number of nitrogens with two attached hydrogens (primary N) is 1. The summed E-state index contributed by atoms with van der Waals surface area (Å²) in [5.74, 6) is 0.501. The molecular weight excluding hydrogens is 232 g/mol. The zero-order valence-corrected chi connectivity index (χ0v) is 11.6. The number of hydrogen-bond acceptors (Lipinski definition) is 5. The van der Waals surface area contributed by atoms with Gasteiger partial charge in [-0.05, 0) is 25.2 Å². The van der Waals surface area contributed by atoms with Crippen molar-refractivity contribution >= 4 is 0 Å².